The van der Waals surface area contributed by atoms with Crippen LogP contribution in [0.15, 0.2) is 70.1 Å². The normalized spacial score (nSPS) is 15.1. The number of carbonyl (C=O) groups excluding carboxylic acids is 1. The second-order valence-corrected chi connectivity index (χ2v) is 11.1. The average molecular weight is 576 g/mol. The van der Waals surface area contributed by atoms with E-state index in [-0.39, 0.29) is 35.0 Å². The maximum absolute atomic E-state index is 15.2. The molecule has 1 fully saturated rings. The average Bonchev–Trinajstić information content (AvgIpc) is 3.53. The summed E-state index contributed by atoms with van der Waals surface area (Å²) in [5, 5.41) is 6.36. The highest BCUT2D eigenvalue weighted by Crippen LogP contribution is 2.54. The topological polar surface area (TPSA) is 85.1 Å². The summed E-state index contributed by atoms with van der Waals surface area (Å²) in [6.45, 7) is 1.80. The lowest BCUT2D eigenvalue weighted by atomic mass is 9.93. The van der Waals surface area contributed by atoms with E-state index < -0.39 is 45.5 Å². The summed E-state index contributed by atoms with van der Waals surface area (Å²) in [6.07, 6.45) is -3.89. The molecule has 0 radical (unpaired) electrons. The van der Waals surface area contributed by atoms with Crippen molar-refractivity contribution in [1.29, 1.82) is 0 Å². The Hall–Kier alpha value is -3.93. The fourth-order valence-electron chi connectivity index (χ4n) is 4.47. The molecule has 6 nitrogen and oxygen atoms in total. The third-order valence-electron chi connectivity index (χ3n) is 6.68. The van der Waals surface area contributed by atoms with Crippen molar-refractivity contribution >= 4 is 22.4 Å². The van der Waals surface area contributed by atoms with E-state index in [0.29, 0.717) is 29.1 Å². The number of aromatic nitrogens is 2. The number of nitrogens with one attached hydrogen (secondary N) is 1. The van der Waals surface area contributed by atoms with Gasteiger partial charge in [-0.3, -0.25) is 9.00 Å². The standard InChI is InChI=1S/C28H22F5N3O3S/c1-2-40(38)20-9-3-16(4-10-20)13-23(37)34-19-14-21(29)24(22(30)15-19)27(11-12-27)26-35-25(39-36-26)17-5-7-18(8-6-17)28(31,32)33/h3-10,14-15H,2,11-13H2,1H3,(H,34,37). The van der Waals surface area contributed by atoms with Gasteiger partial charge in [0.2, 0.25) is 5.91 Å². The zero-order valence-corrected chi connectivity index (χ0v) is 21.8. The minimum Gasteiger partial charge on any atom is -0.334 e. The third-order valence-corrected chi connectivity index (χ3v) is 8.00. The van der Waals surface area contributed by atoms with Gasteiger partial charge in [-0.05, 0) is 66.9 Å². The molecular weight excluding hydrogens is 553 g/mol. The van der Waals surface area contributed by atoms with Crippen molar-refractivity contribution in [2.45, 2.75) is 42.7 Å². The van der Waals surface area contributed by atoms with Crippen molar-refractivity contribution in [2.24, 2.45) is 0 Å². The number of anilines is 1. The summed E-state index contributed by atoms with van der Waals surface area (Å²) >= 11 is 0. The van der Waals surface area contributed by atoms with Crippen LogP contribution in [0.3, 0.4) is 0 Å². The minimum absolute atomic E-state index is 0.0180. The molecule has 1 atom stereocenters. The van der Waals surface area contributed by atoms with Gasteiger partial charge in [0.15, 0.2) is 5.82 Å². The summed E-state index contributed by atoms with van der Waals surface area (Å²) in [5.41, 5.74) is -1.50. The molecule has 40 heavy (non-hydrogen) atoms. The first kappa shape index (κ1) is 27.6. The Balaban J connectivity index is 1.31. The number of carbonyl (C=O) groups is 1. The molecule has 1 heterocycles. The minimum atomic E-state index is -4.50. The summed E-state index contributed by atoms with van der Waals surface area (Å²) in [5.74, 6) is -1.88. The van der Waals surface area contributed by atoms with Crippen molar-refractivity contribution in [1.82, 2.24) is 10.1 Å². The fraction of sp³-hybridized carbons (Fsp3) is 0.250. The van der Waals surface area contributed by atoms with Crippen LogP contribution in [-0.2, 0) is 33.6 Å². The van der Waals surface area contributed by atoms with Crippen LogP contribution in [0.2, 0.25) is 0 Å². The Labute approximate surface area is 228 Å². The van der Waals surface area contributed by atoms with E-state index in [1.165, 1.54) is 12.1 Å². The van der Waals surface area contributed by atoms with E-state index in [4.69, 9.17) is 4.52 Å². The van der Waals surface area contributed by atoms with Gasteiger partial charge in [0.05, 0.1) is 28.2 Å². The van der Waals surface area contributed by atoms with Gasteiger partial charge in [0, 0.05) is 27.5 Å². The molecule has 5 rings (SSSR count). The van der Waals surface area contributed by atoms with Crippen molar-refractivity contribution in [2.75, 3.05) is 11.1 Å². The van der Waals surface area contributed by atoms with Gasteiger partial charge in [0.1, 0.15) is 11.6 Å². The lowest BCUT2D eigenvalue weighted by Gasteiger charge is -2.15. The summed E-state index contributed by atoms with van der Waals surface area (Å²) in [4.78, 5) is 17.4. The van der Waals surface area contributed by atoms with E-state index in [2.05, 4.69) is 15.5 Å². The van der Waals surface area contributed by atoms with E-state index in [0.717, 1.165) is 24.3 Å². The van der Waals surface area contributed by atoms with Crippen molar-refractivity contribution in [3.8, 4) is 11.5 Å². The molecule has 3 aromatic carbocycles. The van der Waals surface area contributed by atoms with Crippen LogP contribution in [-0.4, -0.2) is 26.0 Å². The monoisotopic (exact) mass is 575 g/mol. The molecule has 0 saturated heterocycles. The summed E-state index contributed by atoms with van der Waals surface area (Å²) in [7, 11) is -1.12. The highest BCUT2D eigenvalue weighted by Gasteiger charge is 2.53. The highest BCUT2D eigenvalue weighted by atomic mass is 32.2. The molecule has 208 valence electrons. The largest absolute Gasteiger partial charge is 0.416 e. The summed E-state index contributed by atoms with van der Waals surface area (Å²) < 4.78 is 86.1. The molecule has 0 aliphatic heterocycles. The molecule has 0 bridgehead atoms. The van der Waals surface area contributed by atoms with Crippen LogP contribution < -0.4 is 5.32 Å². The van der Waals surface area contributed by atoms with Gasteiger partial charge < -0.3 is 9.84 Å². The lowest BCUT2D eigenvalue weighted by Crippen LogP contribution is -2.18. The first-order valence-corrected chi connectivity index (χ1v) is 13.6. The van der Waals surface area contributed by atoms with Gasteiger partial charge in [-0.25, -0.2) is 8.78 Å². The molecule has 1 amide bonds. The SMILES string of the molecule is CCS(=O)c1ccc(CC(=O)Nc2cc(F)c(C3(c4noc(-c5ccc(C(F)(F)F)cc5)n4)CC3)c(F)c2)cc1. The van der Waals surface area contributed by atoms with Crippen molar-refractivity contribution in [3.05, 3.63) is 94.8 Å². The fourth-order valence-corrected chi connectivity index (χ4v) is 5.24. The zero-order chi connectivity index (χ0) is 28.7. The predicted octanol–water partition coefficient (Wildman–Crippen LogP) is 6.42. The molecule has 1 unspecified atom stereocenters. The van der Waals surface area contributed by atoms with E-state index >= 15 is 8.78 Å². The highest BCUT2D eigenvalue weighted by molar-refractivity contribution is 7.85. The smallest absolute Gasteiger partial charge is 0.334 e. The number of hydrogen-bond donors (Lipinski definition) is 1. The third kappa shape index (κ3) is 5.53. The van der Waals surface area contributed by atoms with E-state index in [1.807, 2.05) is 0 Å². The van der Waals surface area contributed by atoms with Crippen molar-refractivity contribution in [3.63, 3.8) is 0 Å². The van der Waals surface area contributed by atoms with Crippen LogP contribution in [0.5, 0.6) is 0 Å². The number of benzene rings is 3. The van der Waals surface area contributed by atoms with Crippen molar-refractivity contribution < 1.29 is 35.5 Å². The molecule has 1 saturated carbocycles. The van der Waals surface area contributed by atoms with Crippen LogP contribution in [0, 0.1) is 11.6 Å². The number of halogens is 5. The molecule has 12 heteroatoms. The second kappa shape index (κ2) is 10.6. The second-order valence-electron chi connectivity index (χ2n) is 9.40. The number of rotatable bonds is 8. The Bertz CT molecular complexity index is 1560. The number of hydrogen-bond acceptors (Lipinski definition) is 5. The van der Waals surface area contributed by atoms with E-state index in [1.54, 1.807) is 31.2 Å². The van der Waals surface area contributed by atoms with Gasteiger partial charge in [-0.1, -0.05) is 24.2 Å². The van der Waals surface area contributed by atoms with Gasteiger partial charge >= 0.3 is 6.18 Å². The first-order valence-electron chi connectivity index (χ1n) is 12.3. The van der Waals surface area contributed by atoms with Gasteiger partial charge in [0.25, 0.3) is 5.89 Å². The molecule has 1 aromatic heterocycles. The van der Waals surface area contributed by atoms with Crippen LogP contribution in [0.4, 0.5) is 27.6 Å². The predicted molar refractivity (Wildman–Crippen MR) is 137 cm³/mol. The molecule has 4 aromatic rings. The maximum Gasteiger partial charge on any atom is 0.416 e. The Kier molecular flexibility index (Phi) is 7.30. The van der Waals surface area contributed by atoms with E-state index in [9.17, 15) is 22.2 Å². The number of alkyl halides is 3. The van der Waals surface area contributed by atoms with Crippen LogP contribution in [0.1, 0.15) is 42.3 Å². The van der Waals surface area contributed by atoms with Crippen LogP contribution >= 0.6 is 0 Å². The number of nitrogens with zero attached hydrogens (tertiary/aromatic N) is 2. The van der Waals surface area contributed by atoms with Gasteiger partial charge in [-0.15, -0.1) is 0 Å². The lowest BCUT2D eigenvalue weighted by molar-refractivity contribution is -0.137. The van der Waals surface area contributed by atoms with Gasteiger partial charge in [-0.2, -0.15) is 18.2 Å². The number of amides is 1. The molecular formula is C28H22F5N3O3S. The molecule has 1 aliphatic rings. The summed E-state index contributed by atoms with van der Waals surface area (Å²) in [6, 6.07) is 12.8. The Morgan fingerprint density at radius 3 is 2.20 bits per heavy atom. The Morgan fingerprint density at radius 2 is 1.65 bits per heavy atom. The quantitative estimate of drug-likeness (QED) is 0.245. The molecule has 1 aliphatic carbocycles. The molecule has 0 spiro atoms. The Morgan fingerprint density at radius 1 is 1.02 bits per heavy atom. The molecule has 1 N–H and O–H groups in total. The maximum atomic E-state index is 15.2. The zero-order valence-electron chi connectivity index (χ0n) is 21.0. The van der Waals surface area contributed by atoms with Crippen LogP contribution in [0.25, 0.3) is 11.5 Å². The first-order chi connectivity index (χ1) is 19.0.